The number of ether oxygens (including phenoxy) is 2. The number of carbonyl (C=O) groups is 2. The summed E-state index contributed by atoms with van der Waals surface area (Å²) in [6.07, 6.45) is 0. The maximum absolute atomic E-state index is 13.5. The summed E-state index contributed by atoms with van der Waals surface area (Å²) in [5.41, 5.74) is 0.410. The average molecular weight is 669 g/mol. The number of sulfonamides is 1. The van der Waals surface area contributed by atoms with Crippen molar-refractivity contribution in [2.24, 2.45) is 0 Å². The minimum Gasteiger partial charge on any atom is -0.439 e. The zero-order chi connectivity index (χ0) is 34.6. The second-order valence-electron chi connectivity index (χ2n) is 10.2. The summed E-state index contributed by atoms with van der Waals surface area (Å²) in [5.74, 6) is -2.11. The van der Waals surface area contributed by atoms with Gasteiger partial charge in [0.05, 0.1) is 4.90 Å². The number of benzene rings is 4. The Morgan fingerprint density at radius 1 is 0.708 bits per heavy atom. The standard InChI is InChI=1S/C33H28N6O8S/c1-20(40)38(42)31(34)23-7-12-26(13-8-23)46-30-18-17-29(37-48(44,45)28-16-11-22-5-3-4-6-25(22)19-28)33(36-30)47-27-14-9-24(10-15-27)32(35)39(43)21(2)41/h3-19,34-35,37,42-43H,1-2H3. The van der Waals surface area contributed by atoms with Crippen molar-refractivity contribution in [3.63, 3.8) is 0 Å². The monoisotopic (exact) mass is 668 g/mol. The van der Waals surface area contributed by atoms with E-state index in [2.05, 4.69) is 9.71 Å². The molecular weight excluding hydrogens is 640 g/mol. The van der Waals surface area contributed by atoms with Gasteiger partial charge in [0, 0.05) is 31.0 Å². The van der Waals surface area contributed by atoms with E-state index >= 15 is 0 Å². The molecule has 0 atom stereocenters. The average Bonchev–Trinajstić information content (AvgIpc) is 3.08. The third kappa shape index (κ3) is 7.45. The number of amides is 2. The predicted octanol–water partition coefficient (Wildman–Crippen LogP) is 5.75. The number of amidine groups is 2. The highest BCUT2D eigenvalue weighted by molar-refractivity contribution is 7.92. The number of carbonyl (C=O) groups excluding carboxylic acids is 2. The molecule has 48 heavy (non-hydrogen) atoms. The van der Waals surface area contributed by atoms with Crippen molar-refractivity contribution in [3.05, 3.63) is 114 Å². The van der Waals surface area contributed by atoms with E-state index in [9.17, 15) is 28.4 Å². The largest absolute Gasteiger partial charge is 0.439 e. The summed E-state index contributed by atoms with van der Waals surface area (Å²) >= 11 is 0. The lowest BCUT2D eigenvalue weighted by atomic mass is 10.1. The highest BCUT2D eigenvalue weighted by Gasteiger charge is 2.21. The second-order valence-corrected chi connectivity index (χ2v) is 11.9. The molecule has 14 nitrogen and oxygen atoms in total. The summed E-state index contributed by atoms with van der Waals surface area (Å²) in [4.78, 5) is 27.2. The number of hydrogen-bond acceptors (Lipinski definition) is 11. The van der Waals surface area contributed by atoms with Crippen molar-refractivity contribution < 1.29 is 37.9 Å². The molecule has 1 heterocycles. The maximum atomic E-state index is 13.5. The minimum atomic E-state index is -4.13. The highest BCUT2D eigenvalue weighted by atomic mass is 32.2. The number of hydrogen-bond donors (Lipinski definition) is 5. The maximum Gasteiger partial charge on any atom is 0.262 e. The zero-order valence-electron chi connectivity index (χ0n) is 25.4. The Morgan fingerprint density at radius 3 is 1.77 bits per heavy atom. The van der Waals surface area contributed by atoms with Crippen LogP contribution in [-0.4, -0.2) is 57.4 Å². The van der Waals surface area contributed by atoms with Crippen molar-refractivity contribution in [1.82, 2.24) is 15.1 Å². The SMILES string of the molecule is CC(=O)N(O)C(=N)c1ccc(Oc2ccc(NS(=O)(=O)c3ccc4ccccc4c3)c(Oc3ccc(C(=N)N(O)C(C)=O)cc3)n2)cc1. The molecule has 4 aromatic carbocycles. The van der Waals surface area contributed by atoms with Crippen LogP contribution in [0.1, 0.15) is 25.0 Å². The lowest BCUT2D eigenvalue weighted by Gasteiger charge is -2.16. The molecule has 0 unspecified atom stereocenters. The van der Waals surface area contributed by atoms with Gasteiger partial charge in [0.1, 0.15) is 17.2 Å². The number of fused-ring (bicyclic) bond motifs is 1. The van der Waals surface area contributed by atoms with E-state index in [0.29, 0.717) is 0 Å². The molecule has 0 aliphatic carbocycles. The van der Waals surface area contributed by atoms with Crippen LogP contribution in [0, 0.1) is 10.8 Å². The molecule has 0 saturated heterocycles. The quantitative estimate of drug-likeness (QED) is 0.0560. The van der Waals surface area contributed by atoms with Crippen molar-refractivity contribution in [3.8, 4) is 23.3 Å². The third-order valence-electron chi connectivity index (χ3n) is 6.82. The molecule has 0 aliphatic heterocycles. The Hall–Kier alpha value is -6.16. The number of pyridine rings is 1. The molecule has 15 heteroatoms. The normalized spacial score (nSPS) is 11.0. The molecule has 0 bridgehead atoms. The number of nitrogens with zero attached hydrogens (tertiary/aromatic N) is 3. The van der Waals surface area contributed by atoms with Gasteiger partial charge in [0.25, 0.3) is 10.0 Å². The van der Waals surface area contributed by atoms with Gasteiger partial charge in [-0.1, -0.05) is 30.3 Å². The van der Waals surface area contributed by atoms with Crippen molar-refractivity contribution >= 4 is 50.0 Å². The zero-order valence-corrected chi connectivity index (χ0v) is 26.2. The first-order valence-corrected chi connectivity index (χ1v) is 15.6. The molecule has 0 spiro atoms. The molecule has 0 saturated carbocycles. The molecule has 1 aromatic heterocycles. The Morgan fingerprint density at radius 2 is 1.23 bits per heavy atom. The van der Waals surface area contributed by atoms with Crippen LogP contribution in [0.3, 0.4) is 0 Å². The van der Waals surface area contributed by atoms with Crippen molar-refractivity contribution in [2.75, 3.05) is 4.72 Å². The number of nitrogens with one attached hydrogen (secondary N) is 3. The summed E-state index contributed by atoms with van der Waals surface area (Å²) in [6.45, 7) is 2.21. The van der Waals surface area contributed by atoms with Gasteiger partial charge >= 0.3 is 0 Å². The summed E-state index contributed by atoms with van der Waals surface area (Å²) < 4.78 is 41.3. The van der Waals surface area contributed by atoms with E-state index in [1.807, 2.05) is 12.1 Å². The van der Waals surface area contributed by atoms with E-state index in [4.69, 9.17) is 20.3 Å². The Balaban J connectivity index is 1.45. The van der Waals surface area contributed by atoms with Gasteiger partial charge in [0.15, 0.2) is 11.7 Å². The smallest absolute Gasteiger partial charge is 0.262 e. The summed E-state index contributed by atoms with van der Waals surface area (Å²) in [5, 5.41) is 37.5. The lowest BCUT2D eigenvalue weighted by Crippen LogP contribution is -2.31. The van der Waals surface area contributed by atoms with Gasteiger partial charge in [-0.25, -0.2) is 8.42 Å². The first kappa shape index (κ1) is 33.2. The number of rotatable bonds is 9. The lowest BCUT2D eigenvalue weighted by molar-refractivity contribution is -0.147. The van der Waals surface area contributed by atoms with Gasteiger partial charge < -0.3 is 9.47 Å². The van der Waals surface area contributed by atoms with Crippen LogP contribution in [0.15, 0.2) is 108 Å². The van der Waals surface area contributed by atoms with Gasteiger partial charge in [-0.3, -0.25) is 35.5 Å². The first-order valence-electron chi connectivity index (χ1n) is 14.1. The molecular formula is C33H28N6O8S. The second kappa shape index (κ2) is 13.7. The fourth-order valence-electron chi connectivity index (χ4n) is 4.33. The molecule has 0 radical (unpaired) electrons. The Labute approximate surface area is 274 Å². The summed E-state index contributed by atoms with van der Waals surface area (Å²) in [7, 11) is -4.13. The number of anilines is 1. The van der Waals surface area contributed by atoms with Gasteiger partial charge in [-0.2, -0.15) is 15.1 Å². The summed E-state index contributed by atoms with van der Waals surface area (Å²) in [6, 6.07) is 26.4. The van der Waals surface area contributed by atoms with Gasteiger partial charge in [-0.05, 0) is 77.5 Å². The van der Waals surface area contributed by atoms with E-state index in [0.717, 1.165) is 24.6 Å². The van der Waals surface area contributed by atoms with Crippen LogP contribution in [0.4, 0.5) is 5.69 Å². The van der Waals surface area contributed by atoms with Gasteiger partial charge in [0.2, 0.25) is 23.6 Å². The molecule has 5 aromatic rings. The van der Waals surface area contributed by atoms with Crippen LogP contribution in [-0.2, 0) is 19.6 Å². The van der Waals surface area contributed by atoms with Gasteiger partial charge in [-0.15, -0.1) is 0 Å². The molecule has 5 rings (SSSR count). The van der Waals surface area contributed by atoms with Crippen LogP contribution >= 0.6 is 0 Å². The fourth-order valence-corrected chi connectivity index (χ4v) is 5.42. The van der Waals surface area contributed by atoms with E-state index < -0.39 is 33.5 Å². The molecule has 0 aliphatic rings. The van der Waals surface area contributed by atoms with E-state index in [-0.39, 0.29) is 55.1 Å². The number of aromatic nitrogens is 1. The first-order chi connectivity index (χ1) is 22.8. The van der Waals surface area contributed by atoms with Crippen LogP contribution < -0.4 is 14.2 Å². The predicted molar refractivity (Wildman–Crippen MR) is 174 cm³/mol. The minimum absolute atomic E-state index is 0.00442. The Kier molecular flexibility index (Phi) is 9.46. The van der Waals surface area contributed by atoms with E-state index in [1.54, 1.807) is 18.2 Å². The van der Waals surface area contributed by atoms with Crippen LogP contribution in [0.25, 0.3) is 10.8 Å². The van der Waals surface area contributed by atoms with E-state index in [1.165, 1.54) is 72.8 Å². The molecule has 5 N–H and O–H groups in total. The molecule has 0 fully saturated rings. The molecule has 244 valence electrons. The number of hydroxylamine groups is 4. The Bertz CT molecular complexity index is 2160. The highest BCUT2D eigenvalue weighted by Crippen LogP contribution is 2.34. The van der Waals surface area contributed by atoms with Crippen molar-refractivity contribution in [2.45, 2.75) is 18.7 Å². The van der Waals surface area contributed by atoms with Crippen LogP contribution in [0.5, 0.6) is 23.3 Å². The molecule has 2 amide bonds. The topological polar surface area (TPSA) is 206 Å². The van der Waals surface area contributed by atoms with Crippen molar-refractivity contribution in [1.29, 1.82) is 10.8 Å². The van der Waals surface area contributed by atoms with Crippen LogP contribution in [0.2, 0.25) is 0 Å². The third-order valence-corrected chi connectivity index (χ3v) is 8.19. The fraction of sp³-hybridized carbons (Fsp3) is 0.0606.